The number of carbonyl (C=O) groups is 2. The van der Waals surface area contributed by atoms with Crippen molar-refractivity contribution in [1.82, 2.24) is 9.88 Å². The molecule has 188 valence electrons. The number of aromatic nitrogens is 1. The van der Waals surface area contributed by atoms with Gasteiger partial charge in [-0.1, -0.05) is 18.7 Å². The number of aliphatic hydroxyl groups excluding tert-OH is 2. The second-order valence-electron chi connectivity index (χ2n) is 9.72. The normalized spacial score (nSPS) is 26.2. The number of thiophene rings is 1. The number of fused-ring (bicyclic) bond motifs is 1. The van der Waals surface area contributed by atoms with Gasteiger partial charge in [0.25, 0.3) is 0 Å². The lowest BCUT2D eigenvalue weighted by Crippen LogP contribution is -2.64. The number of amides is 1. The Morgan fingerprint density at radius 1 is 1.37 bits per heavy atom. The molecule has 11 heteroatoms. The van der Waals surface area contributed by atoms with Crippen molar-refractivity contribution >= 4 is 46.3 Å². The number of thiazole rings is 1. The standard InChI is InChI=1S/C24H29N3O5S3/c1-13-19-18(14(2)29)22(30)26(19)20(23(31)32)21(13)35-24-25-16(12-33-24)17-6-5-15(34-17)11-27(9-10-28)7-3-4-8-27/h5-6,12-14,18-19,28-29H,3-4,7-11H2,1-2H3/t13-,14-,18-,19-/m1/s1. The average molecular weight is 536 g/mol. The van der Waals surface area contributed by atoms with Crippen molar-refractivity contribution in [1.29, 1.82) is 0 Å². The summed E-state index contributed by atoms with van der Waals surface area (Å²) in [5.74, 6) is -2.56. The highest BCUT2D eigenvalue weighted by atomic mass is 32.2. The average Bonchev–Trinajstić information content (AvgIpc) is 3.57. The summed E-state index contributed by atoms with van der Waals surface area (Å²) < 4.78 is 1.65. The summed E-state index contributed by atoms with van der Waals surface area (Å²) in [4.78, 5) is 33.4. The minimum Gasteiger partial charge on any atom is -0.543 e. The minimum absolute atomic E-state index is 0.0897. The van der Waals surface area contributed by atoms with Gasteiger partial charge < -0.3 is 29.5 Å². The molecule has 5 heterocycles. The van der Waals surface area contributed by atoms with Crippen LogP contribution in [0.5, 0.6) is 0 Å². The van der Waals surface area contributed by atoms with Gasteiger partial charge in [-0.3, -0.25) is 4.79 Å². The zero-order valence-corrected chi connectivity index (χ0v) is 22.1. The fourth-order valence-corrected chi connectivity index (χ4v) is 9.03. The van der Waals surface area contributed by atoms with E-state index in [1.807, 2.05) is 12.3 Å². The fourth-order valence-electron chi connectivity index (χ4n) is 5.77. The number of carboxylic acid groups (broad SMARTS) is 1. The van der Waals surface area contributed by atoms with Gasteiger partial charge in [-0.25, -0.2) is 4.98 Å². The number of hydrogen-bond donors (Lipinski definition) is 2. The third kappa shape index (κ3) is 4.36. The quantitative estimate of drug-likeness (QED) is 0.372. The highest BCUT2D eigenvalue weighted by Gasteiger charge is 2.58. The van der Waals surface area contributed by atoms with Crippen LogP contribution in [0.4, 0.5) is 0 Å². The Bertz CT molecular complexity index is 1170. The van der Waals surface area contributed by atoms with Crippen molar-refractivity contribution in [2.45, 2.75) is 49.7 Å². The summed E-state index contributed by atoms with van der Waals surface area (Å²) in [7, 11) is 0. The highest BCUT2D eigenvalue weighted by Crippen LogP contribution is 2.52. The summed E-state index contributed by atoms with van der Waals surface area (Å²) >= 11 is 4.44. The van der Waals surface area contributed by atoms with Gasteiger partial charge in [0.1, 0.15) is 13.1 Å². The second kappa shape index (κ2) is 9.60. The number of carboxylic acids is 1. The van der Waals surface area contributed by atoms with E-state index in [4.69, 9.17) is 4.98 Å². The summed E-state index contributed by atoms with van der Waals surface area (Å²) in [6.07, 6.45) is 1.57. The molecule has 3 aliphatic heterocycles. The summed E-state index contributed by atoms with van der Waals surface area (Å²) in [6, 6.07) is 3.86. The molecular weight excluding hydrogens is 506 g/mol. The van der Waals surface area contributed by atoms with E-state index in [1.54, 1.807) is 18.3 Å². The minimum atomic E-state index is -1.37. The molecule has 2 N–H and O–H groups in total. The molecule has 0 aliphatic carbocycles. The topological polar surface area (TPSA) is 114 Å². The summed E-state index contributed by atoms with van der Waals surface area (Å²) in [5.41, 5.74) is 0.763. The highest BCUT2D eigenvalue weighted by molar-refractivity contribution is 8.04. The number of rotatable bonds is 9. The van der Waals surface area contributed by atoms with Gasteiger partial charge in [-0.2, -0.15) is 0 Å². The lowest BCUT2D eigenvalue weighted by molar-refractivity contribution is -0.929. The van der Waals surface area contributed by atoms with Gasteiger partial charge >= 0.3 is 0 Å². The van der Waals surface area contributed by atoms with Crippen molar-refractivity contribution in [3.8, 4) is 10.6 Å². The van der Waals surface area contributed by atoms with Crippen LogP contribution in [0.25, 0.3) is 10.6 Å². The van der Waals surface area contributed by atoms with Gasteiger partial charge in [0.05, 0.1) is 64.9 Å². The second-order valence-corrected chi connectivity index (χ2v) is 13.0. The maximum absolute atomic E-state index is 12.5. The van der Waals surface area contributed by atoms with Crippen molar-refractivity contribution in [2.75, 3.05) is 26.2 Å². The number of hydrogen-bond acceptors (Lipinski definition) is 9. The first-order chi connectivity index (χ1) is 16.7. The van der Waals surface area contributed by atoms with Gasteiger partial charge in [-0.15, -0.1) is 22.7 Å². The molecule has 5 rings (SSSR count). The molecule has 2 aromatic rings. The number of carbonyl (C=O) groups excluding carboxylic acids is 2. The molecule has 0 radical (unpaired) electrons. The number of aliphatic carboxylic acids is 1. The predicted molar refractivity (Wildman–Crippen MR) is 133 cm³/mol. The van der Waals surface area contributed by atoms with Gasteiger partial charge in [-0.05, 0) is 19.1 Å². The number of thioether (sulfide) groups is 1. The smallest absolute Gasteiger partial charge is 0.235 e. The van der Waals surface area contributed by atoms with Gasteiger partial charge in [0.15, 0.2) is 4.34 Å². The van der Waals surface area contributed by atoms with Crippen molar-refractivity contribution in [2.24, 2.45) is 11.8 Å². The zero-order chi connectivity index (χ0) is 24.9. The molecule has 3 aliphatic rings. The summed E-state index contributed by atoms with van der Waals surface area (Å²) in [5, 5.41) is 33.5. The van der Waals surface area contributed by atoms with Gasteiger partial charge in [0.2, 0.25) is 5.91 Å². The van der Waals surface area contributed by atoms with E-state index in [1.165, 1.54) is 45.7 Å². The number of likely N-dealkylation sites (tertiary alicyclic amines) is 1. The molecule has 0 spiro atoms. The van der Waals surface area contributed by atoms with Crippen LogP contribution in [-0.4, -0.2) is 74.8 Å². The Morgan fingerprint density at radius 2 is 2.11 bits per heavy atom. The Morgan fingerprint density at radius 3 is 2.77 bits per heavy atom. The first-order valence-corrected chi connectivity index (χ1v) is 14.4. The number of β-lactam (4-membered cyclic amide) rings is 1. The Balaban J connectivity index is 1.34. The van der Waals surface area contributed by atoms with Crippen molar-refractivity contribution in [3.05, 3.63) is 33.0 Å². The zero-order valence-electron chi connectivity index (χ0n) is 19.7. The monoisotopic (exact) mass is 535 g/mol. The van der Waals surface area contributed by atoms with E-state index in [0.717, 1.165) is 41.2 Å². The van der Waals surface area contributed by atoms with E-state index >= 15 is 0 Å². The van der Waals surface area contributed by atoms with Crippen molar-refractivity contribution < 1.29 is 29.4 Å². The third-order valence-electron chi connectivity index (χ3n) is 7.48. The third-order valence-corrected chi connectivity index (χ3v) is 10.8. The van der Waals surface area contributed by atoms with E-state index < -0.39 is 18.0 Å². The van der Waals surface area contributed by atoms with Crippen LogP contribution in [-0.2, 0) is 16.1 Å². The van der Waals surface area contributed by atoms with Crippen LogP contribution in [0.2, 0.25) is 0 Å². The van der Waals surface area contributed by atoms with Crippen LogP contribution in [0.1, 0.15) is 31.6 Å². The number of aliphatic hydroxyl groups is 2. The SMILES string of the molecule is C[C@@H](O)[C@H]1C(=O)N2C(C(=O)[O-])=C(Sc3nc(-c4ccc(C[N+]5(CCO)CCCC5)s4)cs3)[C@H](C)[C@H]12. The van der Waals surface area contributed by atoms with Crippen LogP contribution in [0.15, 0.2) is 32.5 Å². The molecule has 2 fully saturated rings. The fraction of sp³-hybridized carbons (Fsp3) is 0.542. The molecule has 1 amide bonds. The molecule has 2 aromatic heterocycles. The summed E-state index contributed by atoms with van der Waals surface area (Å²) in [6.45, 7) is 7.58. The van der Waals surface area contributed by atoms with Crippen LogP contribution in [0.3, 0.4) is 0 Å². The maximum Gasteiger partial charge on any atom is 0.235 e. The predicted octanol–water partition coefficient (Wildman–Crippen LogP) is 1.89. The number of nitrogens with zero attached hydrogens (tertiary/aromatic N) is 3. The van der Waals surface area contributed by atoms with E-state index in [-0.39, 0.29) is 30.2 Å². The first-order valence-electron chi connectivity index (χ1n) is 11.9. The lowest BCUT2D eigenvalue weighted by Gasteiger charge is -2.47. The van der Waals surface area contributed by atoms with Gasteiger partial charge in [0, 0.05) is 29.0 Å². The van der Waals surface area contributed by atoms with Crippen molar-refractivity contribution in [3.63, 3.8) is 0 Å². The Kier molecular flexibility index (Phi) is 6.84. The Hall–Kier alpha value is -1.76. The van der Waals surface area contributed by atoms with E-state index in [2.05, 4.69) is 12.1 Å². The lowest BCUT2D eigenvalue weighted by atomic mass is 9.79. The van der Waals surface area contributed by atoms with Crippen LogP contribution < -0.4 is 5.11 Å². The molecule has 0 saturated carbocycles. The number of quaternary nitrogens is 1. The molecule has 0 unspecified atom stereocenters. The molecular formula is C24H29N3O5S3. The largest absolute Gasteiger partial charge is 0.543 e. The molecule has 0 bridgehead atoms. The van der Waals surface area contributed by atoms with Crippen LogP contribution in [0, 0.1) is 11.8 Å². The molecule has 35 heavy (non-hydrogen) atoms. The first kappa shape index (κ1) is 24.9. The molecule has 8 nitrogen and oxygen atoms in total. The Labute approximate surface area is 216 Å². The maximum atomic E-state index is 12.5. The molecule has 2 saturated heterocycles. The van der Waals surface area contributed by atoms with E-state index in [9.17, 15) is 24.9 Å². The van der Waals surface area contributed by atoms with E-state index in [0.29, 0.717) is 9.24 Å². The molecule has 0 aromatic carbocycles. The van der Waals surface area contributed by atoms with Crippen LogP contribution >= 0.6 is 34.4 Å². The molecule has 4 atom stereocenters.